The Balaban J connectivity index is 1.55. The first kappa shape index (κ1) is 23.5. The second kappa shape index (κ2) is 10.9. The molecule has 0 radical (unpaired) electrons. The van der Waals surface area contributed by atoms with E-state index in [9.17, 15) is 14.4 Å². The molecule has 3 rings (SSSR count). The number of amides is 3. The minimum absolute atomic E-state index is 0.0233. The normalized spacial score (nSPS) is 11.3. The third-order valence-electron chi connectivity index (χ3n) is 5.20. The number of benzene rings is 3. The van der Waals surface area contributed by atoms with Gasteiger partial charge in [0.25, 0.3) is 5.91 Å². The lowest BCUT2D eigenvalue weighted by Gasteiger charge is -2.12. The van der Waals surface area contributed by atoms with Crippen LogP contribution in [0.3, 0.4) is 0 Å². The van der Waals surface area contributed by atoms with Crippen molar-refractivity contribution in [3.63, 3.8) is 0 Å². The van der Waals surface area contributed by atoms with Crippen LogP contribution < -0.4 is 21.1 Å². The Morgan fingerprint density at radius 1 is 0.909 bits per heavy atom. The third kappa shape index (κ3) is 6.67. The van der Waals surface area contributed by atoms with Crippen LogP contribution in [0.4, 0.5) is 5.69 Å². The summed E-state index contributed by atoms with van der Waals surface area (Å²) in [7, 11) is 0. The van der Waals surface area contributed by atoms with Crippen molar-refractivity contribution in [2.75, 3.05) is 5.32 Å². The van der Waals surface area contributed by atoms with Gasteiger partial charge in [-0.25, -0.2) is 0 Å². The molecule has 0 spiro atoms. The van der Waals surface area contributed by atoms with E-state index in [1.807, 2.05) is 38.1 Å². The summed E-state index contributed by atoms with van der Waals surface area (Å²) in [5, 5.41) is 5.78. The summed E-state index contributed by atoms with van der Waals surface area (Å²) in [4.78, 5) is 35.7. The number of nitrogens with two attached hydrogens (primary N) is 1. The van der Waals surface area contributed by atoms with Gasteiger partial charge >= 0.3 is 0 Å². The molecule has 0 aliphatic rings. The molecule has 3 amide bonds. The lowest BCUT2D eigenvalue weighted by molar-refractivity contribution is -0.119. The van der Waals surface area contributed by atoms with Gasteiger partial charge < -0.3 is 21.1 Å². The topological polar surface area (TPSA) is 111 Å². The van der Waals surface area contributed by atoms with Crippen LogP contribution in [0.2, 0.25) is 0 Å². The van der Waals surface area contributed by atoms with Gasteiger partial charge in [0, 0.05) is 29.3 Å². The van der Waals surface area contributed by atoms with Gasteiger partial charge in [0.2, 0.25) is 11.8 Å². The Labute approximate surface area is 193 Å². The van der Waals surface area contributed by atoms with Crippen molar-refractivity contribution < 1.29 is 19.1 Å². The smallest absolute Gasteiger partial charge is 0.251 e. The molecule has 3 aromatic rings. The SMILES string of the molecule is CCC(C)C(=O)Nc1cccc(CNC(=O)c2ccc(Oc3ccc(C(N)=O)cc3)cc2)c1. The van der Waals surface area contributed by atoms with Crippen molar-refractivity contribution in [1.29, 1.82) is 0 Å². The summed E-state index contributed by atoms with van der Waals surface area (Å²) in [5.41, 5.74) is 7.71. The molecule has 4 N–H and O–H groups in total. The van der Waals surface area contributed by atoms with Gasteiger partial charge in [0.15, 0.2) is 0 Å². The van der Waals surface area contributed by atoms with Crippen LogP contribution in [-0.2, 0) is 11.3 Å². The molecule has 0 saturated heterocycles. The van der Waals surface area contributed by atoms with E-state index >= 15 is 0 Å². The number of carbonyl (C=O) groups is 3. The second-order valence-corrected chi connectivity index (χ2v) is 7.70. The molecular weight excluding hydrogens is 418 g/mol. The highest BCUT2D eigenvalue weighted by Crippen LogP contribution is 2.22. The Bertz CT molecular complexity index is 1130. The van der Waals surface area contributed by atoms with Gasteiger partial charge in [-0.2, -0.15) is 0 Å². The lowest BCUT2D eigenvalue weighted by atomic mass is 10.1. The van der Waals surface area contributed by atoms with Gasteiger partial charge in [-0.3, -0.25) is 14.4 Å². The fourth-order valence-corrected chi connectivity index (χ4v) is 2.99. The maximum absolute atomic E-state index is 12.5. The molecule has 7 nitrogen and oxygen atoms in total. The van der Waals surface area contributed by atoms with E-state index in [1.54, 1.807) is 48.5 Å². The summed E-state index contributed by atoms with van der Waals surface area (Å²) in [6.07, 6.45) is 0.771. The number of anilines is 1. The van der Waals surface area contributed by atoms with Gasteiger partial charge in [0.05, 0.1) is 0 Å². The van der Waals surface area contributed by atoms with Crippen molar-refractivity contribution in [1.82, 2.24) is 5.32 Å². The number of nitrogens with one attached hydrogen (secondary N) is 2. The predicted molar refractivity (Wildman–Crippen MR) is 127 cm³/mol. The van der Waals surface area contributed by atoms with Crippen LogP contribution in [0.25, 0.3) is 0 Å². The van der Waals surface area contributed by atoms with Gasteiger partial charge in [0.1, 0.15) is 11.5 Å². The zero-order valence-electron chi connectivity index (χ0n) is 18.6. The molecule has 33 heavy (non-hydrogen) atoms. The van der Waals surface area contributed by atoms with Crippen LogP contribution in [0.5, 0.6) is 11.5 Å². The molecule has 3 aromatic carbocycles. The first-order valence-corrected chi connectivity index (χ1v) is 10.7. The molecular formula is C26H27N3O4. The fourth-order valence-electron chi connectivity index (χ4n) is 2.99. The predicted octanol–water partition coefficient (Wildman–Crippen LogP) is 4.49. The first-order valence-electron chi connectivity index (χ1n) is 10.7. The van der Waals surface area contributed by atoms with Crippen molar-refractivity contribution in [3.05, 3.63) is 89.5 Å². The Hall–Kier alpha value is -4.13. The molecule has 1 atom stereocenters. The van der Waals surface area contributed by atoms with Crippen LogP contribution >= 0.6 is 0 Å². The van der Waals surface area contributed by atoms with Crippen LogP contribution in [0.1, 0.15) is 46.5 Å². The number of ether oxygens (including phenoxy) is 1. The van der Waals surface area contributed by atoms with Crippen molar-refractivity contribution in [2.45, 2.75) is 26.8 Å². The van der Waals surface area contributed by atoms with Crippen LogP contribution in [0.15, 0.2) is 72.8 Å². The molecule has 0 saturated carbocycles. The Kier molecular flexibility index (Phi) is 7.81. The Morgan fingerprint density at radius 2 is 1.52 bits per heavy atom. The number of hydrogen-bond donors (Lipinski definition) is 3. The van der Waals surface area contributed by atoms with Gasteiger partial charge in [-0.05, 0) is 72.6 Å². The van der Waals surface area contributed by atoms with E-state index in [0.29, 0.717) is 34.9 Å². The maximum atomic E-state index is 12.5. The van der Waals surface area contributed by atoms with E-state index in [1.165, 1.54) is 0 Å². The van der Waals surface area contributed by atoms with Crippen molar-refractivity contribution in [2.24, 2.45) is 11.7 Å². The molecule has 0 fully saturated rings. The minimum Gasteiger partial charge on any atom is -0.457 e. The third-order valence-corrected chi connectivity index (χ3v) is 5.20. The van der Waals surface area contributed by atoms with Crippen molar-refractivity contribution >= 4 is 23.4 Å². The molecule has 0 aromatic heterocycles. The number of carbonyl (C=O) groups excluding carboxylic acids is 3. The van der Waals surface area contributed by atoms with E-state index in [-0.39, 0.29) is 17.7 Å². The molecule has 0 aliphatic heterocycles. The van der Waals surface area contributed by atoms with E-state index < -0.39 is 5.91 Å². The maximum Gasteiger partial charge on any atom is 0.251 e. The summed E-state index contributed by atoms with van der Waals surface area (Å²) in [6.45, 7) is 4.18. The molecule has 0 bridgehead atoms. The zero-order valence-corrected chi connectivity index (χ0v) is 18.6. The summed E-state index contributed by atoms with van der Waals surface area (Å²) >= 11 is 0. The average Bonchev–Trinajstić information content (AvgIpc) is 2.83. The zero-order chi connectivity index (χ0) is 23.8. The number of hydrogen-bond acceptors (Lipinski definition) is 4. The molecule has 170 valence electrons. The fraction of sp³-hybridized carbons (Fsp3) is 0.192. The minimum atomic E-state index is -0.500. The standard InChI is InChI=1S/C26H27N3O4/c1-3-17(2)25(31)29-21-6-4-5-18(15-21)16-28-26(32)20-9-13-23(14-10-20)33-22-11-7-19(8-12-22)24(27)30/h4-15,17H,3,16H2,1-2H3,(H2,27,30)(H,28,32)(H,29,31). The van der Waals surface area contributed by atoms with E-state index in [4.69, 9.17) is 10.5 Å². The Morgan fingerprint density at radius 3 is 2.09 bits per heavy atom. The molecule has 7 heteroatoms. The molecule has 0 heterocycles. The van der Waals surface area contributed by atoms with E-state index in [2.05, 4.69) is 10.6 Å². The highest BCUT2D eigenvalue weighted by Gasteiger charge is 2.11. The quantitative estimate of drug-likeness (QED) is 0.451. The largest absolute Gasteiger partial charge is 0.457 e. The number of primary amides is 1. The molecule has 1 unspecified atom stereocenters. The van der Waals surface area contributed by atoms with Gasteiger partial charge in [-0.15, -0.1) is 0 Å². The highest BCUT2D eigenvalue weighted by atomic mass is 16.5. The lowest BCUT2D eigenvalue weighted by Crippen LogP contribution is -2.23. The van der Waals surface area contributed by atoms with Crippen molar-refractivity contribution in [3.8, 4) is 11.5 Å². The second-order valence-electron chi connectivity index (χ2n) is 7.70. The summed E-state index contributed by atoms with van der Waals surface area (Å²) in [5.74, 6) is 0.307. The number of rotatable bonds is 9. The summed E-state index contributed by atoms with van der Waals surface area (Å²) in [6, 6.07) is 20.6. The summed E-state index contributed by atoms with van der Waals surface area (Å²) < 4.78 is 5.73. The average molecular weight is 446 g/mol. The highest BCUT2D eigenvalue weighted by molar-refractivity contribution is 5.94. The van der Waals surface area contributed by atoms with Crippen LogP contribution in [0, 0.1) is 5.92 Å². The van der Waals surface area contributed by atoms with E-state index in [0.717, 1.165) is 12.0 Å². The van der Waals surface area contributed by atoms with Crippen LogP contribution in [-0.4, -0.2) is 17.7 Å². The first-order chi connectivity index (χ1) is 15.9. The molecule has 0 aliphatic carbocycles. The van der Waals surface area contributed by atoms with Gasteiger partial charge in [-0.1, -0.05) is 26.0 Å². The monoisotopic (exact) mass is 445 g/mol.